The minimum atomic E-state index is -0.710. The molecule has 1 heterocycles. The van der Waals surface area contributed by atoms with E-state index in [1.54, 1.807) is 49.9 Å². The van der Waals surface area contributed by atoms with Crippen LogP contribution in [-0.4, -0.2) is 53.8 Å². The van der Waals surface area contributed by atoms with Crippen molar-refractivity contribution < 1.29 is 24.2 Å². The van der Waals surface area contributed by atoms with E-state index in [1.165, 1.54) is 0 Å². The lowest BCUT2D eigenvalue weighted by Crippen LogP contribution is -2.42. The highest BCUT2D eigenvalue weighted by molar-refractivity contribution is 6.05. The molecule has 0 aliphatic carbocycles. The Labute approximate surface area is 170 Å². The van der Waals surface area contributed by atoms with Crippen LogP contribution in [0.1, 0.15) is 56.0 Å². The summed E-state index contributed by atoms with van der Waals surface area (Å²) in [6.45, 7) is 6.04. The van der Waals surface area contributed by atoms with Crippen molar-refractivity contribution in [3.8, 4) is 0 Å². The van der Waals surface area contributed by atoms with Crippen LogP contribution in [0.2, 0.25) is 0 Å². The fourth-order valence-corrected chi connectivity index (χ4v) is 3.11. The molecule has 2 rings (SSSR count). The van der Waals surface area contributed by atoms with E-state index < -0.39 is 18.1 Å². The second-order valence-corrected chi connectivity index (χ2v) is 7.58. The summed E-state index contributed by atoms with van der Waals surface area (Å²) in [6.07, 6.45) is -0.615. The number of Topliss-reactive ketones (excluding diaryl/α,β-unsaturated/α-hetero) is 1. The predicted molar refractivity (Wildman–Crippen MR) is 106 cm³/mol. The molecule has 1 fully saturated rings. The second kappa shape index (κ2) is 10.2. The van der Waals surface area contributed by atoms with Gasteiger partial charge < -0.3 is 9.64 Å². The van der Waals surface area contributed by atoms with Gasteiger partial charge in [-0.2, -0.15) is 0 Å². The lowest BCUT2D eigenvalue weighted by Gasteiger charge is -2.30. The first-order chi connectivity index (χ1) is 13.7. The van der Waals surface area contributed by atoms with Gasteiger partial charge in [-0.1, -0.05) is 31.2 Å². The first kappa shape index (κ1) is 22.5. The summed E-state index contributed by atoms with van der Waals surface area (Å²) in [5.74, 6) is -0.859. The average Bonchev–Trinajstić information content (AvgIpc) is 2.67. The number of amidine groups is 1. The van der Waals surface area contributed by atoms with Crippen LogP contribution in [0.15, 0.2) is 24.3 Å². The van der Waals surface area contributed by atoms with E-state index in [-0.39, 0.29) is 30.1 Å². The summed E-state index contributed by atoms with van der Waals surface area (Å²) in [6, 6.07) is 6.27. The number of carbonyl (C=O) groups excluding carboxylic acids is 3. The Balaban J connectivity index is 1.90. The van der Waals surface area contributed by atoms with E-state index in [2.05, 4.69) is 5.32 Å². The fraction of sp³-hybridized carbons (Fsp3) is 0.524. The van der Waals surface area contributed by atoms with Gasteiger partial charge in [0.1, 0.15) is 5.84 Å². The predicted octanol–water partition coefficient (Wildman–Crippen LogP) is 2.78. The highest BCUT2D eigenvalue weighted by Gasteiger charge is 2.27. The molecule has 0 saturated carbocycles. The molecule has 2 amide bonds. The number of ketones is 1. The zero-order valence-electron chi connectivity index (χ0n) is 17.1. The monoisotopic (exact) mass is 402 g/mol. The van der Waals surface area contributed by atoms with Crippen LogP contribution in [-0.2, 0) is 14.6 Å². The Hall–Kier alpha value is -2.74. The molecular weight excluding hydrogens is 374 g/mol. The van der Waals surface area contributed by atoms with Crippen molar-refractivity contribution in [2.75, 3.05) is 13.1 Å². The quantitative estimate of drug-likeness (QED) is 0.432. The Morgan fingerprint density at radius 2 is 1.66 bits per heavy atom. The number of ether oxygens (including phenoxy) is 1. The number of piperidine rings is 1. The Kier molecular flexibility index (Phi) is 7.90. The van der Waals surface area contributed by atoms with E-state index in [4.69, 9.17) is 10.1 Å². The summed E-state index contributed by atoms with van der Waals surface area (Å²) >= 11 is 0. The molecule has 1 aliphatic heterocycles. The summed E-state index contributed by atoms with van der Waals surface area (Å²) in [4.78, 5) is 38.2. The average molecular weight is 402 g/mol. The molecule has 1 radical (unpaired) electrons. The van der Waals surface area contributed by atoms with E-state index in [0.29, 0.717) is 37.1 Å². The molecule has 1 atom stereocenters. The van der Waals surface area contributed by atoms with Crippen molar-refractivity contribution in [1.29, 1.82) is 5.41 Å². The SMILES string of the molecule is CC(C)OC(=O)NC(=N)c1ccc(C(=O)CC(C)C(=O)N2CCC([O])CC2)cc1. The molecule has 1 unspecified atom stereocenters. The number of alkyl carbamates (subject to hydrolysis) is 1. The smallest absolute Gasteiger partial charge is 0.413 e. The highest BCUT2D eigenvalue weighted by atomic mass is 16.6. The van der Waals surface area contributed by atoms with E-state index in [1.807, 2.05) is 0 Å². The van der Waals surface area contributed by atoms with E-state index in [9.17, 15) is 19.5 Å². The molecule has 1 aliphatic rings. The Morgan fingerprint density at radius 3 is 2.21 bits per heavy atom. The van der Waals surface area contributed by atoms with Crippen LogP contribution >= 0.6 is 0 Å². The molecule has 8 nitrogen and oxygen atoms in total. The molecule has 2 N–H and O–H groups in total. The summed E-state index contributed by atoms with van der Waals surface area (Å²) in [5, 5.41) is 21.6. The van der Waals surface area contributed by atoms with Crippen molar-refractivity contribution in [1.82, 2.24) is 10.2 Å². The minimum Gasteiger partial charge on any atom is -0.447 e. The third-order valence-corrected chi connectivity index (χ3v) is 4.73. The number of nitrogens with one attached hydrogen (secondary N) is 2. The molecule has 29 heavy (non-hydrogen) atoms. The van der Waals surface area contributed by atoms with Gasteiger partial charge in [0.2, 0.25) is 5.91 Å². The van der Waals surface area contributed by atoms with Gasteiger partial charge in [0.15, 0.2) is 5.78 Å². The molecule has 0 aromatic heterocycles. The number of hydrogen-bond donors (Lipinski definition) is 2. The second-order valence-electron chi connectivity index (χ2n) is 7.58. The normalized spacial score (nSPS) is 15.7. The van der Waals surface area contributed by atoms with Crippen LogP contribution in [0, 0.1) is 11.3 Å². The van der Waals surface area contributed by atoms with Crippen molar-refractivity contribution in [2.24, 2.45) is 5.92 Å². The fourth-order valence-electron chi connectivity index (χ4n) is 3.11. The maximum absolute atomic E-state index is 12.5. The molecule has 1 saturated heterocycles. The van der Waals surface area contributed by atoms with Gasteiger partial charge >= 0.3 is 6.09 Å². The van der Waals surface area contributed by atoms with Gasteiger partial charge in [-0.05, 0) is 26.7 Å². The van der Waals surface area contributed by atoms with Gasteiger partial charge in [-0.25, -0.2) is 9.90 Å². The third kappa shape index (κ3) is 6.67. The van der Waals surface area contributed by atoms with Crippen LogP contribution < -0.4 is 5.32 Å². The molecule has 157 valence electrons. The number of benzene rings is 1. The molecular formula is C21H28N3O5. The number of hydrogen-bond acceptors (Lipinski definition) is 5. The maximum atomic E-state index is 12.5. The summed E-state index contributed by atoms with van der Waals surface area (Å²) in [5.41, 5.74) is 0.871. The van der Waals surface area contributed by atoms with Crippen LogP contribution in [0.3, 0.4) is 0 Å². The Bertz CT molecular complexity index is 752. The summed E-state index contributed by atoms with van der Waals surface area (Å²) < 4.78 is 4.93. The van der Waals surface area contributed by atoms with Crippen molar-refractivity contribution >= 4 is 23.6 Å². The number of carbonyl (C=O) groups is 3. The van der Waals surface area contributed by atoms with Gasteiger partial charge in [0, 0.05) is 36.6 Å². The number of rotatable bonds is 6. The zero-order chi connectivity index (χ0) is 21.6. The van der Waals surface area contributed by atoms with Crippen molar-refractivity contribution in [3.63, 3.8) is 0 Å². The standard InChI is InChI=1S/C21H28N3O5/c1-13(2)29-21(28)23-19(22)16-6-4-15(5-7-16)18(26)12-14(3)20(27)24-10-8-17(25)9-11-24/h4-7,13-14,17H,8-12H2,1-3H3,(H2,22,23,28). The van der Waals surface area contributed by atoms with E-state index in [0.717, 1.165) is 0 Å². The topological polar surface area (TPSA) is 119 Å². The number of amides is 2. The Morgan fingerprint density at radius 1 is 1.10 bits per heavy atom. The van der Waals surface area contributed by atoms with Gasteiger partial charge in [0.05, 0.1) is 12.2 Å². The third-order valence-electron chi connectivity index (χ3n) is 4.73. The molecule has 1 aromatic rings. The van der Waals surface area contributed by atoms with Crippen molar-refractivity contribution in [2.45, 2.75) is 52.2 Å². The molecule has 0 bridgehead atoms. The van der Waals surface area contributed by atoms with E-state index >= 15 is 0 Å². The van der Waals surface area contributed by atoms with Gasteiger partial charge in [-0.15, -0.1) is 0 Å². The molecule has 0 spiro atoms. The van der Waals surface area contributed by atoms with Crippen LogP contribution in [0.5, 0.6) is 0 Å². The van der Waals surface area contributed by atoms with Gasteiger partial charge in [0.25, 0.3) is 0 Å². The first-order valence-corrected chi connectivity index (χ1v) is 9.81. The summed E-state index contributed by atoms with van der Waals surface area (Å²) in [7, 11) is 0. The lowest BCUT2D eigenvalue weighted by atomic mass is 9.96. The zero-order valence-corrected chi connectivity index (χ0v) is 17.1. The van der Waals surface area contributed by atoms with Crippen LogP contribution in [0.4, 0.5) is 4.79 Å². The number of nitrogens with zero attached hydrogens (tertiary/aromatic N) is 1. The molecule has 8 heteroatoms. The molecule has 1 aromatic carbocycles. The van der Waals surface area contributed by atoms with Gasteiger partial charge in [-0.3, -0.25) is 20.3 Å². The first-order valence-electron chi connectivity index (χ1n) is 9.81. The minimum absolute atomic E-state index is 0.0753. The maximum Gasteiger partial charge on any atom is 0.413 e. The van der Waals surface area contributed by atoms with Crippen molar-refractivity contribution in [3.05, 3.63) is 35.4 Å². The number of likely N-dealkylation sites (tertiary alicyclic amines) is 1. The largest absolute Gasteiger partial charge is 0.447 e. The van der Waals surface area contributed by atoms with Crippen LogP contribution in [0.25, 0.3) is 0 Å². The lowest BCUT2D eigenvalue weighted by molar-refractivity contribution is -0.137. The highest BCUT2D eigenvalue weighted by Crippen LogP contribution is 2.17.